The number of pyridine rings is 1. The zero-order chi connectivity index (χ0) is 28.9. The number of para-hydroxylation sites is 1. The molecule has 0 fully saturated rings. The number of ether oxygens (including phenoxy) is 3. The highest BCUT2D eigenvalue weighted by atomic mass is 35.5. The van der Waals surface area contributed by atoms with Crippen LogP contribution in [0.3, 0.4) is 0 Å². The van der Waals surface area contributed by atoms with Crippen molar-refractivity contribution in [3.8, 4) is 23.0 Å². The van der Waals surface area contributed by atoms with Crippen molar-refractivity contribution >= 4 is 45.7 Å². The van der Waals surface area contributed by atoms with Crippen LogP contribution >= 0.6 is 34.8 Å². The van der Waals surface area contributed by atoms with Gasteiger partial charge >= 0.3 is 0 Å². The Kier molecular flexibility index (Phi) is 12.7. The van der Waals surface area contributed by atoms with E-state index in [0.29, 0.717) is 38.9 Å². The first kappa shape index (κ1) is 31.3. The summed E-state index contributed by atoms with van der Waals surface area (Å²) in [4.78, 5) is 4.65. The summed E-state index contributed by atoms with van der Waals surface area (Å²) in [5.74, 6) is 2.59. The largest absolute Gasteiger partial charge is 0.491 e. The Labute approximate surface area is 258 Å². The number of benzene rings is 3. The molecule has 0 aliphatic rings. The standard InChI is InChI=1S/C34H38Cl3NO3/c1-25-15-16-26-13-12-14-32(34(26)38-25)39-21-10-8-6-4-2-3-5-7-9-11-22-40-33-24-28(36)18-20-31(33)41-30-19-17-27(35)23-29(30)37/h12-20,23-24H,2-11,21-22H2,1H3. The Morgan fingerprint density at radius 2 is 1.15 bits per heavy atom. The molecule has 0 aliphatic heterocycles. The molecule has 0 spiro atoms. The van der Waals surface area contributed by atoms with E-state index in [1.165, 1.54) is 44.9 Å². The van der Waals surface area contributed by atoms with Gasteiger partial charge in [-0.25, -0.2) is 4.98 Å². The van der Waals surface area contributed by atoms with Gasteiger partial charge in [-0.2, -0.15) is 0 Å². The maximum atomic E-state index is 6.26. The van der Waals surface area contributed by atoms with Crippen molar-refractivity contribution in [3.63, 3.8) is 0 Å². The van der Waals surface area contributed by atoms with Gasteiger partial charge in [0.1, 0.15) is 17.0 Å². The summed E-state index contributed by atoms with van der Waals surface area (Å²) < 4.78 is 18.0. The number of halogens is 3. The first-order valence-electron chi connectivity index (χ1n) is 14.5. The minimum Gasteiger partial charge on any atom is -0.491 e. The normalized spacial score (nSPS) is 11.1. The van der Waals surface area contributed by atoms with Crippen LogP contribution < -0.4 is 14.2 Å². The second kappa shape index (κ2) is 16.7. The van der Waals surface area contributed by atoms with E-state index < -0.39 is 0 Å². The van der Waals surface area contributed by atoms with E-state index in [9.17, 15) is 0 Å². The molecule has 1 heterocycles. The molecule has 41 heavy (non-hydrogen) atoms. The maximum absolute atomic E-state index is 6.26. The van der Waals surface area contributed by atoms with Gasteiger partial charge in [0.25, 0.3) is 0 Å². The lowest BCUT2D eigenvalue weighted by Crippen LogP contribution is -1.99. The second-order valence-corrected chi connectivity index (χ2v) is 11.6. The van der Waals surface area contributed by atoms with Gasteiger partial charge in [-0.1, -0.05) is 104 Å². The molecule has 0 radical (unpaired) electrons. The van der Waals surface area contributed by atoms with Crippen molar-refractivity contribution in [2.24, 2.45) is 0 Å². The summed E-state index contributed by atoms with van der Waals surface area (Å²) in [6, 6.07) is 20.7. The third-order valence-corrected chi connectivity index (χ3v) is 7.66. The fourth-order valence-corrected chi connectivity index (χ4v) is 5.28. The van der Waals surface area contributed by atoms with E-state index in [2.05, 4.69) is 17.1 Å². The van der Waals surface area contributed by atoms with E-state index >= 15 is 0 Å². The van der Waals surface area contributed by atoms with E-state index in [4.69, 9.17) is 49.0 Å². The van der Waals surface area contributed by atoms with Crippen molar-refractivity contribution in [3.05, 3.63) is 87.5 Å². The van der Waals surface area contributed by atoms with Crippen LogP contribution in [0.4, 0.5) is 0 Å². The average molecular weight is 615 g/mol. The van der Waals surface area contributed by atoms with Crippen molar-refractivity contribution in [1.29, 1.82) is 0 Å². The highest BCUT2D eigenvalue weighted by Gasteiger charge is 2.11. The summed E-state index contributed by atoms with van der Waals surface area (Å²) in [5.41, 5.74) is 1.97. The summed E-state index contributed by atoms with van der Waals surface area (Å²) >= 11 is 18.4. The van der Waals surface area contributed by atoms with Crippen LogP contribution in [0.5, 0.6) is 23.0 Å². The molecule has 4 aromatic rings. The predicted octanol–water partition coefficient (Wildman–Crippen LogP) is 11.7. The smallest absolute Gasteiger partial charge is 0.169 e. The summed E-state index contributed by atoms with van der Waals surface area (Å²) in [6.07, 6.45) is 12.0. The molecule has 0 saturated carbocycles. The Bertz CT molecular complexity index is 1400. The number of hydrogen-bond donors (Lipinski definition) is 0. The first-order valence-corrected chi connectivity index (χ1v) is 15.7. The molecule has 0 amide bonds. The van der Waals surface area contributed by atoms with E-state index in [1.807, 2.05) is 25.1 Å². The third-order valence-electron chi connectivity index (χ3n) is 6.90. The lowest BCUT2D eigenvalue weighted by Gasteiger charge is -2.14. The zero-order valence-electron chi connectivity index (χ0n) is 23.6. The summed E-state index contributed by atoms with van der Waals surface area (Å²) in [7, 11) is 0. The van der Waals surface area contributed by atoms with Gasteiger partial charge in [0, 0.05) is 27.2 Å². The van der Waals surface area contributed by atoms with Gasteiger partial charge in [0.05, 0.1) is 18.2 Å². The number of nitrogens with zero attached hydrogens (tertiary/aromatic N) is 1. The molecule has 0 saturated heterocycles. The van der Waals surface area contributed by atoms with Gasteiger partial charge in [-0.05, 0) is 62.2 Å². The zero-order valence-corrected chi connectivity index (χ0v) is 25.9. The molecule has 0 bridgehead atoms. The lowest BCUT2D eigenvalue weighted by molar-refractivity contribution is 0.291. The topological polar surface area (TPSA) is 40.6 Å². The minimum atomic E-state index is 0.442. The maximum Gasteiger partial charge on any atom is 0.169 e. The Balaban J connectivity index is 1.02. The second-order valence-electron chi connectivity index (χ2n) is 10.3. The van der Waals surface area contributed by atoms with Crippen molar-refractivity contribution < 1.29 is 14.2 Å². The molecule has 0 unspecified atom stereocenters. The van der Waals surface area contributed by atoms with Crippen molar-refractivity contribution in [1.82, 2.24) is 4.98 Å². The van der Waals surface area contributed by atoms with E-state index in [0.717, 1.165) is 48.2 Å². The van der Waals surface area contributed by atoms with Gasteiger partial charge in [-0.15, -0.1) is 0 Å². The van der Waals surface area contributed by atoms with Gasteiger partial charge in [-0.3, -0.25) is 0 Å². The molecule has 218 valence electrons. The van der Waals surface area contributed by atoms with Gasteiger partial charge < -0.3 is 14.2 Å². The summed E-state index contributed by atoms with van der Waals surface area (Å²) in [5, 5.41) is 2.72. The monoisotopic (exact) mass is 613 g/mol. The van der Waals surface area contributed by atoms with Crippen LogP contribution in [-0.4, -0.2) is 18.2 Å². The number of aromatic nitrogens is 1. The van der Waals surface area contributed by atoms with Gasteiger partial charge in [0.15, 0.2) is 11.5 Å². The van der Waals surface area contributed by atoms with Crippen LogP contribution in [-0.2, 0) is 0 Å². The summed E-state index contributed by atoms with van der Waals surface area (Å²) in [6.45, 7) is 3.37. The molecular formula is C34H38Cl3NO3. The fourth-order valence-electron chi connectivity index (χ4n) is 4.67. The van der Waals surface area contributed by atoms with Crippen LogP contribution in [0.2, 0.25) is 15.1 Å². The van der Waals surface area contributed by atoms with Crippen LogP contribution in [0.1, 0.15) is 69.9 Å². The number of aryl methyl sites for hydroxylation is 1. The van der Waals surface area contributed by atoms with Crippen LogP contribution in [0.25, 0.3) is 10.9 Å². The Morgan fingerprint density at radius 1 is 0.561 bits per heavy atom. The van der Waals surface area contributed by atoms with E-state index in [1.54, 1.807) is 36.4 Å². The molecular weight excluding hydrogens is 577 g/mol. The van der Waals surface area contributed by atoms with Gasteiger partial charge in [0.2, 0.25) is 0 Å². The van der Waals surface area contributed by atoms with Crippen molar-refractivity contribution in [2.75, 3.05) is 13.2 Å². The molecule has 4 rings (SSSR count). The quantitative estimate of drug-likeness (QED) is 0.111. The number of rotatable bonds is 17. The molecule has 4 nitrogen and oxygen atoms in total. The predicted molar refractivity (Wildman–Crippen MR) is 172 cm³/mol. The first-order chi connectivity index (χ1) is 20.0. The van der Waals surface area contributed by atoms with E-state index in [-0.39, 0.29) is 0 Å². The molecule has 0 atom stereocenters. The van der Waals surface area contributed by atoms with Crippen LogP contribution in [0.15, 0.2) is 66.7 Å². The van der Waals surface area contributed by atoms with Crippen molar-refractivity contribution in [2.45, 2.75) is 71.1 Å². The lowest BCUT2D eigenvalue weighted by atomic mass is 10.1. The Morgan fingerprint density at radius 3 is 1.80 bits per heavy atom. The molecule has 0 aliphatic carbocycles. The Hall–Kier alpha value is -2.66. The number of hydrogen-bond acceptors (Lipinski definition) is 4. The highest BCUT2D eigenvalue weighted by molar-refractivity contribution is 6.35. The number of fused-ring (bicyclic) bond motifs is 1. The molecule has 0 N–H and O–H groups in total. The molecule has 1 aromatic heterocycles. The number of unbranched alkanes of at least 4 members (excludes halogenated alkanes) is 9. The fraction of sp³-hybridized carbons (Fsp3) is 0.382. The minimum absolute atomic E-state index is 0.442. The van der Waals surface area contributed by atoms with Crippen LogP contribution in [0, 0.1) is 6.92 Å². The third kappa shape index (κ3) is 10.3. The SMILES string of the molecule is Cc1ccc2cccc(OCCCCCCCCCCCCOc3cc(Cl)ccc3Oc3ccc(Cl)cc3Cl)c2n1. The highest BCUT2D eigenvalue weighted by Crippen LogP contribution is 2.37. The average Bonchev–Trinajstić information content (AvgIpc) is 2.96. The molecule has 3 aromatic carbocycles. The molecule has 7 heteroatoms.